The number of hydrogen-bond acceptors (Lipinski definition) is 26. The van der Waals surface area contributed by atoms with Gasteiger partial charge in [-0.05, 0) is 95.9 Å². The number of ether oxygens (including phenoxy) is 4. The second-order valence-electron chi connectivity index (χ2n) is 17.9. The third-order valence-corrected chi connectivity index (χ3v) is 11.9. The molecule has 0 bridgehead atoms. The van der Waals surface area contributed by atoms with Crippen molar-refractivity contribution in [2.45, 2.75) is 12.8 Å². The van der Waals surface area contributed by atoms with E-state index in [1.807, 2.05) is 72.8 Å². The third-order valence-electron chi connectivity index (χ3n) is 11.9. The summed E-state index contributed by atoms with van der Waals surface area (Å²) in [6, 6.07) is 48.7. The molecule has 0 aliphatic heterocycles. The summed E-state index contributed by atoms with van der Waals surface area (Å²) in [5.41, 5.74) is 29.4. The number of carbonyl (C=O) groups is 1. The zero-order chi connectivity index (χ0) is 64.6. The number of carbonyl (C=O) groups excluding carboxylic acids is 1. The number of aromatic nitrogens is 8. The highest BCUT2D eigenvalue weighted by atomic mass is 19.1. The van der Waals surface area contributed by atoms with Gasteiger partial charge in [0.15, 0.2) is 5.78 Å². The van der Waals surface area contributed by atoms with Gasteiger partial charge in [-0.1, -0.05) is 106 Å². The fourth-order valence-electron chi connectivity index (χ4n) is 7.45. The molecule has 0 saturated heterocycles. The lowest BCUT2D eigenvalue weighted by Gasteiger charge is -2.09. The number of nitrogen functional groups attached to an aromatic ring is 4. The molecule has 460 valence electrons. The molecule has 0 unspecified atom stereocenters. The minimum Gasteiger partial charge on any atom is -0.438 e. The normalized spacial score (nSPS) is 10.6. The van der Waals surface area contributed by atoms with Crippen molar-refractivity contribution in [3.63, 3.8) is 0 Å². The average Bonchev–Trinajstić information content (AvgIpc) is 3.72. The van der Waals surface area contributed by atoms with Crippen molar-refractivity contribution < 1.29 is 47.5 Å². The Morgan fingerprint density at radius 3 is 1.05 bits per heavy atom. The Hall–Kier alpha value is -13.0. The van der Waals surface area contributed by atoms with Crippen molar-refractivity contribution in [1.82, 2.24) is 39.9 Å². The van der Waals surface area contributed by atoms with Crippen LogP contribution in [0.2, 0.25) is 0 Å². The molecule has 8 N–H and O–H groups in total. The SMILES string of the molecule is CO/N=C/c1c(N)ncnc1Oc1ccc(C(=O)c2ccccc2)cc1.CO/N=C/c1c(N)ncnc1Oc1ccc(CC#N)cc1.CO/N=C/c1c(N)ncnc1Oc1ccc(Cc2ccccc2)cc1.CO/N=C/c1c(N)ncnc1Oc1ccc(F)cc1. The predicted octanol–water partition coefficient (Wildman–Crippen LogP) is 10.4. The van der Waals surface area contributed by atoms with Crippen LogP contribution in [-0.2, 0) is 32.2 Å². The number of halogens is 1. The molecule has 0 radical (unpaired) electrons. The van der Waals surface area contributed by atoms with Gasteiger partial charge in [0.1, 0.15) is 128 Å². The van der Waals surface area contributed by atoms with Gasteiger partial charge in [-0.25, -0.2) is 44.3 Å². The fourth-order valence-corrected chi connectivity index (χ4v) is 7.45. The molecular formula is C64H58FN17O9. The summed E-state index contributed by atoms with van der Waals surface area (Å²) in [5.74, 6) is 3.70. The highest BCUT2D eigenvalue weighted by Crippen LogP contribution is 2.29. The fraction of sp³-hybridized carbons (Fsp3) is 0.0938. The van der Waals surface area contributed by atoms with Gasteiger partial charge >= 0.3 is 0 Å². The quantitative estimate of drug-likeness (QED) is 0.0295. The monoisotopic (exact) mass is 1230 g/mol. The molecule has 91 heavy (non-hydrogen) atoms. The second kappa shape index (κ2) is 34.8. The molecular weight excluding hydrogens is 1170 g/mol. The van der Waals surface area contributed by atoms with Gasteiger partial charge in [0.2, 0.25) is 23.5 Å². The van der Waals surface area contributed by atoms with E-state index < -0.39 is 0 Å². The van der Waals surface area contributed by atoms with E-state index in [1.165, 1.54) is 114 Å². The number of nitrogens with zero attached hydrogens (tertiary/aromatic N) is 13. The van der Waals surface area contributed by atoms with Crippen LogP contribution in [0, 0.1) is 17.1 Å². The van der Waals surface area contributed by atoms with Gasteiger partial charge in [-0.3, -0.25) is 4.79 Å². The van der Waals surface area contributed by atoms with E-state index >= 15 is 0 Å². The molecule has 0 saturated carbocycles. The van der Waals surface area contributed by atoms with Crippen molar-refractivity contribution in [2.24, 2.45) is 20.6 Å². The maximum absolute atomic E-state index is 12.8. The Bertz CT molecular complexity index is 4090. The molecule has 4 heterocycles. The van der Waals surface area contributed by atoms with Crippen LogP contribution in [0.3, 0.4) is 0 Å². The van der Waals surface area contributed by atoms with Gasteiger partial charge in [-0.15, -0.1) is 0 Å². The number of anilines is 4. The number of rotatable bonds is 21. The van der Waals surface area contributed by atoms with Gasteiger partial charge in [0.25, 0.3) is 0 Å². The molecule has 0 aliphatic rings. The molecule has 0 aliphatic carbocycles. The first-order valence-corrected chi connectivity index (χ1v) is 26.8. The van der Waals surface area contributed by atoms with Crippen molar-refractivity contribution in [2.75, 3.05) is 51.4 Å². The van der Waals surface area contributed by atoms with Crippen LogP contribution in [0.15, 0.2) is 204 Å². The molecule has 26 nitrogen and oxygen atoms in total. The van der Waals surface area contributed by atoms with E-state index in [-0.39, 0.29) is 52.5 Å². The van der Waals surface area contributed by atoms with Crippen molar-refractivity contribution >= 4 is 53.9 Å². The molecule has 6 aromatic carbocycles. The number of oxime groups is 4. The Balaban J connectivity index is 0.000000174. The molecule has 0 fully saturated rings. The van der Waals surface area contributed by atoms with Crippen LogP contribution >= 0.6 is 0 Å². The van der Waals surface area contributed by atoms with Crippen LogP contribution in [0.1, 0.15) is 54.9 Å². The number of hydrogen-bond donors (Lipinski definition) is 4. The highest BCUT2D eigenvalue weighted by Gasteiger charge is 2.15. The van der Waals surface area contributed by atoms with E-state index in [2.05, 4.69) is 98.0 Å². The molecule has 10 rings (SSSR count). The molecule has 0 amide bonds. The van der Waals surface area contributed by atoms with Crippen LogP contribution in [0.4, 0.5) is 27.7 Å². The first kappa shape index (κ1) is 65.6. The van der Waals surface area contributed by atoms with Gasteiger partial charge in [0.05, 0.1) is 37.3 Å². The Kier molecular flexibility index (Phi) is 25.1. The third kappa shape index (κ3) is 20.3. The summed E-state index contributed by atoms with van der Waals surface area (Å²) in [5, 5.41) is 23.2. The summed E-state index contributed by atoms with van der Waals surface area (Å²) >= 11 is 0. The van der Waals surface area contributed by atoms with Crippen LogP contribution in [0.5, 0.6) is 46.5 Å². The van der Waals surface area contributed by atoms with Crippen LogP contribution < -0.4 is 41.9 Å². The van der Waals surface area contributed by atoms with Crippen LogP contribution in [0.25, 0.3) is 0 Å². The lowest BCUT2D eigenvalue weighted by atomic mass is 10.0. The van der Waals surface area contributed by atoms with E-state index in [0.717, 1.165) is 12.0 Å². The maximum atomic E-state index is 12.8. The highest BCUT2D eigenvalue weighted by molar-refractivity contribution is 6.09. The number of nitriles is 1. The minimum atomic E-state index is -0.351. The Morgan fingerprint density at radius 2 is 0.714 bits per heavy atom. The summed E-state index contributed by atoms with van der Waals surface area (Å²) < 4.78 is 35.5. The standard InChI is InChI=1S/C19H16N4O3.C19H18N4O2.C14H13N5O2.C12H11FN4O2/c1-25-23-11-16-18(20)21-12-22-19(16)26-15-9-7-14(8-10-15)17(24)13-5-3-2-4-6-13;1-24-23-12-17-18(20)21-13-22-19(17)25-16-9-7-15(8-10-16)11-14-5-3-2-4-6-14;1-20-19-8-12-13(16)17-9-18-14(12)21-11-4-2-10(3-5-11)6-7-15;1-18-17-6-10-11(14)15-7-16-12(10)19-9-4-2-8(13)3-5-9/h2-12H,1H3,(H2,20,21,22);2-10,12-13H,11H2,1H3,(H2,20,21,22);2-5,8-9H,6H2,1H3,(H2,16,17,18);2-7H,1H3,(H2,14,15,16)/b23-11+;23-12+;19-8+;17-6+. The molecule has 4 aromatic heterocycles. The molecule has 10 aromatic rings. The lowest BCUT2D eigenvalue weighted by Crippen LogP contribution is -2.03. The summed E-state index contributed by atoms with van der Waals surface area (Å²) in [7, 11) is 5.68. The smallest absolute Gasteiger partial charge is 0.233 e. The van der Waals surface area contributed by atoms with E-state index in [9.17, 15) is 9.18 Å². The predicted molar refractivity (Wildman–Crippen MR) is 339 cm³/mol. The van der Waals surface area contributed by atoms with Gasteiger partial charge < -0.3 is 61.2 Å². The Labute approximate surface area is 520 Å². The molecule has 0 atom stereocenters. The molecule has 0 spiro atoms. The minimum absolute atomic E-state index is 0.0589. The summed E-state index contributed by atoms with van der Waals surface area (Å²) in [6.45, 7) is 0. The van der Waals surface area contributed by atoms with E-state index in [1.54, 1.807) is 48.5 Å². The summed E-state index contributed by atoms with van der Waals surface area (Å²) in [4.78, 5) is 62.7. The van der Waals surface area contributed by atoms with Gasteiger partial charge in [-0.2, -0.15) is 5.26 Å². The molecule has 27 heteroatoms. The van der Waals surface area contributed by atoms with Crippen molar-refractivity contribution in [3.05, 3.63) is 239 Å². The average molecular weight is 1230 g/mol. The van der Waals surface area contributed by atoms with Crippen molar-refractivity contribution in [1.29, 1.82) is 5.26 Å². The number of benzene rings is 6. The van der Waals surface area contributed by atoms with E-state index in [4.69, 9.17) is 47.1 Å². The first-order chi connectivity index (χ1) is 44.4. The largest absolute Gasteiger partial charge is 0.438 e. The first-order valence-electron chi connectivity index (χ1n) is 26.8. The Morgan fingerprint density at radius 1 is 0.418 bits per heavy atom. The van der Waals surface area contributed by atoms with Gasteiger partial charge in [0, 0.05) is 11.1 Å². The topological polar surface area (TPSA) is 371 Å². The number of nitrogens with two attached hydrogens (primary N) is 4. The maximum Gasteiger partial charge on any atom is 0.233 e. The van der Waals surface area contributed by atoms with Crippen LogP contribution in [-0.4, -0.2) is 99.0 Å². The zero-order valence-electron chi connectivity index (χ0n) is 49.2. The lowest BCUT2D eigenvalue weighted by molar-refractivity contribution is 0.103. The second-order valence-corrected chi connectivity index (χ2v) is 17.9. The zero-order valence-corrected chi connectivity index (χ0v) is 49.2. The van der Waals surface area contributed by atoms with Crippen molar-refractivity contribution in [3.8, 4) is 52.6 Å². The number of ketones is 1. The van der Waals surface area contributed by atoms with E-state index in [0.29, 0.717) is 68.7 Å². The summed E-state index contributed by atoms with van der Waals surface area (Å²) in [6.07, 6.45) is 12.0.